The van der Waals surface area contributed by atoms with Crippen molar-refractivity contribution in [3.63, 3.8) is 0 Å². The van der Waals surface area contributed by atoms with Crippen LogP contribution < -0.4 is 11.1 Å². The Morgan fingerprint density at radius 3 is 2.94 bits per heavy atom. The number of pyridine rings is 1. The summed E-state index contributed by atoms with van der Waals surface area (Å²) >= 11 is 5.81. The number of halogens is 1. The van der Waals surface area contributed by atoms with E-state index in [0.717, 1.165) is 0 Å². The lowest BCUT2D eigenvalue weighted by Crippen LogP contribution is -2.28. The molecular weight excluding hydrogens is 274 g/mol. The summed E-state index contributed by atoms with van der Waals surface area (Å²) in [5.74, 6) is -0.325. The number of hydrogen-bond acceptors (Lipinski definition) is 4. The Morgan fingerprint density at radius 2 is 2.33 bits per heavy atom. The van der Waals surface area contributed by atoms with Crippen molar-refractivity contribution in [2.24, 2.45) is 0 Å². The van der Waals surface area contributed by atoms with Crippen LogP contribution in [0.15, 0.2) is 12.3 Å². The van der Waals surface area contributed by atoms with Gasteiger partial charge in [-0.05, 0) is 12.5 Å². The van der Waals surface area contributed by atoms with Gasteiger partial charge in [0.2, 0.25) is 0 Å². The number of aromatic nitrogens is 1. The minimum atomic E-state index is -0.887. The molecule has 3 N–H and O–H groups in total. The maximum Gasteiger partial charge on any atom is 0.254 e. The topological polar surface area (TPSA) is 85.1 Å². The molecule has 1 aromatic heterocycles. The van der Waals surface area contributed by atoms with Crippen LogP contribution in [0.25, 0.3) is 0 Å². The number of rotatable bonds is 5. The Hall–Kier alpha value is -1.14. The molecule has 100 valence electrons. The zero-order chi connectivity index (χ0) is 13.7. The molecule has 7 heteroatoms. The Morgan fingerprint density at radius 1 is 1.67 bits per heavy atom. The Bertz CT molecular complexity index is 468. The van der Waals surface area contributed by atoms with Gasteiger partial charge >= 0.3 is 0 Å². The van der Waals surface area contributed by atoms with Gasteiger partial charge in [-0.2, -0.15) is 0 Å². The van der Waals surface area contributed by atoms with Gasteiger partial charge in [-0.3, -0.25) is 9.00 Å². The van der Waals surface area contributed by atoms with Crippen molar-refractivity contribution in [3.8, 4) is 0 Å². The third-order valence-electron chi connectivity index (χ3n) is 2.51. The number of nitrogen functional groups attached to an aromatic ring is 1. The smallest absolute Gasteiger partial charge is 0.254 e. The van der Waals surface area contributed by atoms with E-state index in [1.165, 1.54) is 12.3 Å². The quantitative estimate of drug-likeness (QED) is 0.798. The second kappa shape index (κ2) is 6.70. The van der Waals surface area contributed by atoms with Crippen LogP contribution in [0.4, 0.5) is 5.69 Å². The first-order chi connectivity index (χ1) is 8.41. The zero-order valence-corrected chi connectivity index (χ0v) is 11.8. The summed E-state index contributed by atoms with van der Waals surface area (Å²) in [5, 5.41) is 2.86. The molecule has 0 fully saturated rings. The maximum atomic E-state index is 11.8. The molecule has 1 amide bonds. The molecule has 0 aliphatic heterocycles. The molecular formula is C11H16ClN3O2S. The van der Waals surface area contributed by atoms with Gasteiger partial charge in [-0.15, -0.1) is 0 Å². The standard InChI is InChI=1S/C11H16ClN3O2S/c1-7(18(2)17)3-4-14-11(16)9-5-8(13)6-15-10(9)12/h5-7H,3-4,13H2,1-2H3,(H,14,16). The zero-order valence-electron chi connectivity index (χ0n) is 10.3. The van der Waals surface area contributed by atoms with Gasteiger partial charge in [-0.1, -0.05) is 18.5 Å². The van der Waals surface area contributed by atoms with Crippen LogP contribution in [0.5, 0.6) is 0 Å². The van der Waals surface area contributed by atoms with Gasteiger partial charge in [0.25, 0.3) is 5.91 Å². The summed E-state index contributed by atoms with van der Waals surface area (Å²) in [4.78, 5) is 15.6. The van der Waals surface area contributed by atoms with Crippen LogP contribution in [0, 0.1) is 0 Å². The molecule has 0 aliphatic carbocycles. The van der Waals surface area contributed by atoms with Crippen molar-refractivity contribution >= 4 is 34.0 Å². The molecule has 0 radical (unpaired) electrons. The molecule has 0 saturated carbocycles. The van der Waals surface area contributed by atoms with Crippen LogP contribution in [0.1, 0.15) is 23.7 Å². The van der Waals surface area contributed by atoms with E-state index in [-0.39, 0.29) is 21.9 Å². The van der Waals surface area contributed by atoms with Gasteiger partial charge < -0.3 is 11.1 Å². The predicted octanol–water partition coefficient (Wildman–Crippen LogP) is 1.20. The average molecular weight is 290 g/mol. The lowest BCUT2D eigenvalue weighted by Gasteiger charge is -2.10. The summed E-state index contributed by atoms with van der Waals surface area (Å²) in [6, 6.07) is 1.48. The van der Waals surface area contributed by atoms with Crippen molar-refractivity contribution in [1.29, 1.82) is 0 Å². The van der Waals surface area contributed by atoms with E-state index >= 15 is 0 Å². The van der Waals surface area contributed by atoms with E-state index in [2.05, 4.69) is 10.3 Å². The van der Waals surface area contributed by atoms with Crippen molar-refractivity contribution in [1.82, 2.24) is 10.3 Å². The van der Waals surface area contributed by atoms with Gasteiger partial charge in [0.15, 0.2) is 0 Å². The minimum absolute atomic E-state index is 0.0414. The molecule has 2 unspecified atom stereocenters. The molecule has 0 saturated heterocycles. The fourth-order valence-corrected chi connectivity index (χ4v) is 1.91. The van der Waals surface area contributed by atoms with E-state index in [0.29, 0.717) is 18.7 Å². The number of carbonyl (C=O) groups excluding carboxylic acids is 1. The summed E-state index contributed by atoms with van der Waals surface area (Å²) < 4.78 is 11.1. The van der Waals surface area contributed by atoms with Crippen LogP contribution >= 0.6 is 11.6 Å². The molecule has 5 nitrogen and oxygen atoms in total. The molecule has 1 rings (SSSR count). The fourth-order valence-electron chi connectivity index (χ4n) is 1.27. The van der Waals surface area contributed by atoms with E-state index in [1.54, 1.807) is 6.26 Å². The number of nitrogens with zero attached hydrogens (tertiary/aromatic N) is 1. The van der Waals surface area contributed by atoms with Crippen molar-refractivity contribution < 1.29 is 9.00 Å². The molecule has 1 aromatic rings. The third kappa shape index (κ3) is 4.27. The number of nitrogens with one attached hydrogen (secondary N) is 1. The van der Waals surface area contributed by atoms with E-state index in [4.69, 9.17) is 17.3 Å². The van der Waals surface area contributed by atoms with Gasteiger partial charge in [0, 0.05) is 28.9 Å². The number of amides is 1. The molecule has 0 aliphatic rings. The molecule has 0 spiro atoms. The second-order valence-electron chi connectivity index (χ2n) is 3.96. The Balaban J connectivity index is 2.55. The van der Waals surface area contributed by atoms with Gasteiger partial charge in [0.05, 0.1) is 17.4 Å². The first-order valence-corrected chi connectivity index (χ1v) is 7.43. The number of carbonyl (C=O) groups is 1. The summed E-state index contributed by atoms with van der Waals surface area (Å²) in [5.41, 5.74) is 6.17. The number of anilines is 1. The Kier molecular flexibility index (Phi) is 5.55. The van der Waals surface area contributed by atoms with Crippen LogP contribution in [0.3, 0.4) is 0 Å². The number of hydrogen-bond donors (Lipinski definition) is 2. The van der Waals surface area contributed by atoms with E-state index in [9.17, 15) is 9.00 Å². The molecule has 0 bridgehead atoms. The highest BCUT2D eigenvalue weighted by atomic mass is 35.5. The first kappa shape index (κ1) is 14.9. The predicted molar refractivity (Wildman–Crippen MR) is 74.1 cm³/mol. The van der Waals surface area contributed by atoms with Crippen LogP contribution in [-0.4, -0.2) is 33.2 Å². The summed E-state index contributed by atoms with van der Waals surface area (Å²) in [6.45, 7) is 2.31. The lowest BCUT2D eigenvalue weighted by atomic mass is 10.2. The molecule has 18 heavy (non-hydrogen) atoms. The van der Waals surface area contributed by atoms with E-state index in [1.807, 2.05) is 6.92 Å². The highest BCUT2D eigenvalue weighted by molar-refractivity contribution is 7.84. The van der Waals surface area contributed by atoms with Gasteiger partial charge in [0.1, 0.15) is 5.15 Å². The van der Waals surface area contributed by atoms with Crippen LogP contribution in [0.2, 0.25) is 5.15 Å². The lowest BCUT2D eigenvalue weighted by molar-refractivity contribution is 0.0953. The molecule has 1 heterocycles. The molecule has 0 aromatic carbocycles. The second-order valence-corrected chi connectivity index (χ2v) is 6.12. The van der Waals surface area contributed by atoms with Crippen LogP contribution in [-0.2, 0) is 10.8 Å². The normalized spacial score (nSPS) is 13.9. The molecule has 2 atom stereocenters. The first-order valence-electron chi connectivity index (χ1n) is 5.43. The highest BCUT2D eigenvalue weighted by Crippen LogP contribution is 2.15. The van der Waals surface area contributed by atoms with Crippen molar-refractivity contribution in [3.05, 3.63) is 23.0 Å². The third-order valence-corrected chi connectivity index (χ3v) is 4.18. The minimum Gasteiger partial charge on any atom is -0.397 e. The SMILES string of the molecule is CC(CCNC(=O)c1cc(N)cnc1Cl)S(C)=O. The number of nitrogens with two attached hydrogens (primary N) is 1. The highest BCUT2D eigenvalue weighted by Gasteiger charge is 2.12. The van der Waals surface area contributed by atoms with E-state index < -0.39 is 10.8 Å². The van der Waals surface area contributed by atoms with Gasteiger partial charge in [-0.25, -0.2) is 4.98 Å². The fraction of sp³-hybridized carbons (Fsp3) is 0.455. The van der Waals surface area contributed by atoms with Crippen molar-refractivity contribution in [2.45, 2.75) is 18.6 Å². The maximum absolute atomic E-state index is 11.8. The Labute approximate surface area is 114 Å². The summed E-state index contributed by atoms with van der Waals surface area (Å²) in [7, 11) is -0.887. The monoisotopic (exact) mass is 289 g/mol. The summed E-state index contributed by atoms with van der Waals surface area (Å²) in [6.07, 6.45) is 3.68. The largest absolute Gasteiger partial charge is 0.397 e. The van der Waals surface area contributed by atoms with Crippen molar-refractivity contribution in [2.75, 3.05) is 18.5 Å². The average Bonchev–Trinajstić information content (AvgIpc) is 2.31.